The molecule has 23 heavy (non-hydrogen) atoms. The van der Waals surface area contributed by atoms with Gasteiger partial charge in [0.25, 0.3) is 0 Å². The van der Waals surface area contributed by atoms with Crippen molar-refractivity contribution in [3.05, 3.63) is 70.8 Å². The molecule has 2 aromatic carbocycles. The van der Waals surface area contributed by atoms with E-state index in [1.807, 2.05) is 38.1 Å². The van der Waals surface area contributed by atoms with E-state index in [1.165, 1.54) is 0 Å². The normalized spacial score (nSPS) is 12.0. The Balaban J connectivity index is 2.03. The van der Waals surface area contributed by atoms with Gasteiger partial charge in [-0.2, -0.15) is 0 Å². The Morgan fingerprint density at radius 2 is 1.04 bits per heavy atom. The molecule has 2 rings (SSSR count). The van der Waals surface area contributed by atoms with Crippen LogP contribution in [0, 0.1) is 13.8 Å². The molecule has 0 spiro atoms. The first-order valence-corrected chi connectivity index (χ1v) is 16.3. The van der Waals surface area contributed by atoms with Gasteiger partial charge >= 0.3 is 149 Å². The minimum atomic E-state index is -3.55. The van der Waals surface area contributed by atoms with Crippen molar-refractivity contribution >= 4 is 45.4 Å². The van der Waals surface area contributed by atoms with Crippen LogP contribution < -0.4 is 0 Å². The van der Waals surface area contributed by atoms with E-state index in [-0.39, 0.29) is 20.5 Å². The number of hydrogen-bond acceptors (Lipinski definition) is 2. The number of halogens is 2. The van der Waals surface area contributed by atoms with Gasteiger partial charge in [-0.1, -0.05) is 0 Å². The van der Waals surface area contributed by atoms with Crippen LogP contribution in [0.15, 0.2) is 48.5 Å². The summed E-state index contributed by atoms with van der Waals surface area (Å²) in [6, 6.07) is 14.6. The van der Waals surface area contributed by atoms with E-state index in [2.05, 4.69) is 0 Å². The third kappa shape index (κ3) is 5.62. The second-order valence-corrected chi connectivity index (χ2v) is 20.2. The molecular weight excluding hydrogens is 447 g/mol. The first-order chi connectivity index (χ1) is 10.8. The van der Waals surface area contributed by atoms with Crippen LogP contribution in [-0.4, -0.2) is 27.5 Å². The first-order valence-electron chi connectivity index (χ1n) is 7.14. The topological polar surface area (TPSA) is 34.1 Å². The molecule has 5 heteroatoms. The summed E-state index contributed by atoms with van der Waals surface area (Å²) in [6.45, 7) is 3.92. The molecule has 0 fully saturated rings. The van der Waals surface area contributed by atoms with Crippen LogP contribution in [0.25, 0.3) is 0 Å². The summed E-state index contributed by atoms with van der Waals surface area (Å²) in [5.74, 6) is -0.180. The van der Waals surface area contributed by atoms with Crippen molar-refractivity contribution in [1.29, 1.82) is 0 Å². The molecule has 0 bridgehead atoms. The number of Topliss-reactive ketones (excluding diaryl/α,β-unsaturated/α-hetero) is 2. The monoisotopic (exact) mass is 466 g/mol. The van der Waals surface area contributed by atoms with Crippen LogP contribution in [0.3, 0.4) is 0 Å². The Kier molecular flexibility index (Phi) is 6.28. The van der Waals surface area contributed by atoms with E-state index in [0.29, 0.717) is 11.1 Å². The van der Waals surface area contributed by atoms with Gasteiger partial charge in [0.1, 0.15) is 0 Å². The Bertz CT molecular complexity index is 645. The predicted molar refractivity (Wildman–Crippen MR) is 98.1 cm³/mol. The Labute approximate surface area is 148 Å². The van der Waals surface area contributed by atoms with Crippen LogP contribution in [0.5, 0.6) is 0 Å². The van der Waals surface area contributed by atoms with Crippen molar-refractivity contribution in [2.45, 2.75) is 22.8 Å². The second kappa shape index (κ2) is 7.81. The van der Waals surface area contributed by atoms with Crippen LogP contribution in [0.4, 0.5) is 0 Å². The van der Waals surface area contributed by atoms with Gasteiger partial charge < -0.3 is 0 Å². The van der Waals surface area contributed by atoms with Gasteiger partial charge in [0.05, 0.1) is 0 Å². The van der Waals surface area contributed by atoms with Gasteiger partial charge in [0, 0.05) is 0 Å². The molecule has 122 valence electrons. The van der Waals surface area contributed by atoms with E-state index < -0.39 is 15.9 Å². The van der Waals surface area contributed by atoms with E-state index in [1.54, 1.807) is 24.3 Å². The van der Waals surface area contributed by atoms with Crippen molar-refractivity contribution in [1.82, 2.24) is 0 Å². The Hall–Kier alpha value is -0.850. The quantitative estimate of drug-likeness (QED) is 0.430. The van der Waals surface area contributed by atoms with Gasteiger partial charge in [-0.05, 0) is 0 Å². The average Bonchev–Trinajstić information content (AvgIpc) is 2.47. The van der Waals surface area contributed by atoms with Crippen LogP contribution in [0.1, 0.15) is 31.8 Å². The van der Waals surface area contributed by atoms with Crippen molar-refractivity contribution < 1.29 is 9.59 Å². The molecule has 0 aliphatic heterocycles. The van der Waals surface area contributed by atoms with Crippen molar-refractivity contribution in [3.63, 3.8) is 0 Å². The molecule has 0 amide bonds. The molecule has 0 aliphatic rings. The van der Waals surface area contributed by atoms with Crippen molar-refractivity contribution in [3.8, 4) is 0 Å². The van der Waals surface area contributed by atoms with Crippen molar-refractivity contribution in [2.24, 2.45) is 0 Å². The van der Waals surface area contributed by atoms with Gasteiger partial charge in [-0.25, -0.2) is 0 Å². The van der Waals surface area contributed by atoms with E-state index in [4.69, 9.17) is 17.9 Å². The predicted octanol–water partition coefficient (Wildman–Crippen LogP) is 5.29. The second-order valence-electron chi connectivity index (χ2n) is 5.57. The van der Waals surface area contributed by atoms with Crippen LogP contribution in [0.2, 0.25) is 8.94 Å². The Morgan fingerprint density at radius 3 is 1.35 bits per heavy atom. The summed E-state index contributed by atoms with van der Waals surface area (Å²) >= 11 is -3.55. The number of aryl methyl sites for hydroxylation is 2. The van der Waals surface area contributed by atoms with Gasteiger partial charge in [-0.15, -0.1) is 0 Å². The fourth-order valence-electron chi connectivity index (χ4n) is 2.08. The SMILES string of the molecule is Cc1ccc(C(=O)C[Te](Cl)(Cl)CC(=O)c2ccc(C)cc2)cc1. The molecule has 0 saturated carbocycles. The summed E-state index contributed by atoms with van der Waals surface area (Å²) in [4.78, 5) is 24.6. The maximum atomic E-state index is 12.3. The number of ketones is 2. The molecule has 0 unspecified atom stereocenters. The molecule has 0 aromatic heterocycles. The summed E-state index contributed by atoms with van der Waals surface area (Å²) in [7, 11) is 12.8. The fraction of sp³-hybridized carbons (Fsp3) is 0.222. The average molecular weight is 465 g/mol. The standard InChI is InChI=1S/C18H18Cl2O2Te/c1-13-3-7-15(8-4-13)17(21)11-23(19,20)12-18(22)16-9-5-14(2)6-10-16/h3-10H,11-12H2,1-2H3. The van der Waals surface area contributed by atoms with Gasteiger partial charge in [0.15, 0.2) is 0 Å². The molecule has 0 atom stereocenters. The molecule has 0 aliphatic carbocycles. The molecule has 0 heterocycles. The molecular formula is C18H18Cl2O2Te. The zero-order valence-corrected chi connectivity index (χ0v) is 16.9. The third-order valence-corrected chi connectivity index (χ3v) is 10.3. The summed E-state index contributed by atoms with van der Waals surface area (Å²) in [6.07, 6.45) is 0. The fourth-order valence-corrected chi connectivity index (χ4v) is 8.17. The van der Waals surface area contributed by atoms with E-state index in [0.717, 1.165) is 11.1 Å². The molecule has 0 saturated heterocycles. The van der Waals surface area contributed by atoms with Gasteiger partial charge in [-0.3, -0.25) is 0 Å². The number of rotatable bonds is 6. The molecule has 2 nitrogen and oxygen atoms in total. The first kappa shape index (κ1) is 18.5. The van der Waals surface area contributed by atoms with E-state index >= 15 is 0 Å². The van der Waals surface area contributed by atoms with Crippen molar-refractivity contribution in [2.75, 3.05) is 0 Å². The summed E-state index contributed by atoms with van der Waals surface area (Å²) in [5.41, 5.74) is 3.35. The third-order valence-electron chi connectivity index (χ3n) is 3.43. The van der Waals surface area contributed by atoms with E-state index in [9.17, 15) is 9.59 Å². The van der Waals surface area contributed by atoms with Crippen LogP contribution in [-0.2, 0) is 0 Å². The maximum absolute atomic E-state index is 12.3. The molecule has 0 N–H and O–H groups in total. The number of carbonyl (C=O) groups excluding carboxylic acids is 2. The van der Waals surface area contributed by atoms with Gasteiger partial charge in [0.2, 0.25) is 0 Å². The zero-order chi connectivity index (χ0) is 17.0. The molecule has 2 aromatic rings. The Morgan fingerprint density at radius 1 is 0.739 bits per heavy atom. The number of benzene rings is 2. The summed E-state index contributed by atoms with van der Waals surface area (Å²) < 4.78 is 0.179. The minimum absolute atomic E-state index is 0.0896. The zero-order valence-electron chi connectivity index (χ0n) is 13.0. The number of carbonyl (C=O) groups is 2. The molecule has 0 radical (unpaired) electrons. The van der Waals surface area contributed by atoms with Crippen LogP contribution >= 0.6 is 17.9 Å². The number of hydrogen-bond donors (Lipinski definition) is 0. The summed E-state index contributed by atoms with van der Waals surface area (Å²) in [5, 5.41) is 0.